The molecule has 0 aliphatic carbocycles. The van der Waals surface area contributed by atoms with Crippen LogP contribution in [0.1, 0.15) is 38.0 Å². The number of rotatable bonds is 8. The fourth-order valence-corrected chi connectivity index (χ4v) is 3.09. The van der Waals surface area contributed by atoms with E-state index in [2.05, 4.69) is 52.6 Å². The summed E-state index contributed by atoms with van der Waals surface area (Å²) >= 11 is 5.20. The smallest absolute Gasteiger partial charge is 0.220 e. The molecule has 1 amide bonds. The number of hydrogen-bond donors (Lipinski definition) is 1. The van der Waals surface area contributed by atoms with Gasteiger partial charge in [0.2, 0.25) is 5.91 Å². The maximum atomic E-state index is 11.8. The Morgan fingerprint density at radius 3 is 2.83 bits per heavy atom. The maximum absolute atomic E-state index is 11.8. The van der Waals surface area contributed by atoms with Crippen molar-refractivity contribution in [2.24, 2.45) is 5.92 Å². The standard InChI is InChI=1S/C14H22BrNOS/c1-11(2)13(8-9-15)16-14(17)7-3-5-12-6-4-10-18-12/h4,6,10-11,13H,3,5,7-9H2,1-2H3,(H,16,17). The minimum atomic E-state index is 0.186. The Labute approximate surface area is 122 Å². The highest BCUT2D eigenvalue weighted by atomic mass is 79.9. The van der Waals surface area contributed by atoms with Gasteiger partial charge >= 0.3 is 0 Å². The van der Waals surface area contributed by atoms with E-state index in [1.165, 1.54) is 4.88 Å². The van der Waals surface area contributed by atoms with Gasteiger partial charge in [-0.2, -0.15) is 0 Å². The SMILES string of the molecule is CC(C)C(CCBr)NC(=O)CCCc1cccs1. The highest BCUT2D eigenvalue weighted by Crippen LogP contribution is 2.12. The molecule has 2 nitrogen and oxygen atoms in total. The molecule has 1 aromatic heterocycles. The summed E-state index contributed by atoms with van der Waals surface area (Å²) in [6.07, 6.45) is 3.57. The molecule has 102 valence electrons. The van der Waals surface area contributed by atoms with Crippen LogP contribution in [0.3, 0.4) is 0 Å². The first-order chi connectivity index (χ1) is 8.63. The molecule has 0 aromatic carbocycles. The fourth-order valence-electron chi connectivity index (χ4n) is 1.85. The molecule has 0 bridgehead atoms. The Hall–Kier alpha value is -0.350. The van der Waals surface area contributed by atoms with Gasteiger partial charge in [0, 0.05) is 22.7 Å². The summed E-state index contributed by atoms with van der Waals surface area (Å²) in [5.74, 6) is 0.676. The molecule has 0 saturated heterocycles. The number of alkyl halides is 1. The van der Waals surface area contributed by atoms with Crippen molar-refractivity contribution in [1.82, 2.24) is 5.32 Å². The predicted octanol–water partition coefficient (Wildman–Crippen LogP) is 4.00. The summed E-state index contributed by atoms with van der Waals surface area (Å²) in [5, 5.41) is 6.15. The first-order valence-electron chi connectivity index (χ1n) is 6.51. The molecule has 0 fully saturated rings. The number of carbonyl (C=O) groups excluding carboxylic acids is 1. The summed E-state index contributed by atoms with van der Waals surface area (Å²) in [6.45, 7) is 4.30. The van der Waals surface area contributed by atoms with E-state index in [9.17, 15) is 4.79 Å². The van der Waals surface area contributed by atoms with Crippen LogP contribution in [0.2, 0.25) is 0 Å². The Kier molecular flexibility index (Phi) is 7.59. The fraction of sp³-hybridized carbons (Fsp3) is 0.643. The average Bonchev–Trinajstić information content (AvgIpc) is 2.81. The molecule has 0 radical (unpaired) electrons. The highest BCUT2D eigenvalue weighted by Gasteiger charge is 2.14. The van der Waals surface area contributed by atoms with E-state index in [0.717, 1.165) is 24.6 Å². The molecule has 0 aliphatic heterocycles. The van der Waals surface area contributed by atoms with Crippen LogP contribution in [0, 0.1) is 5.92 Å². The van der Waals surface area contributed by atoms with Gasteiger partial charge in [-0.1, -0.05) is 35.8 Å². The van der Waals surface area contributed by atoms with Gasteiger partial charge in [-0.05, 0) is 36.6 Å². The zero-order valence-electron chi connectivity index (χ0n) is 11.1. The second-order valence-electron chi connectivity index (χ2n) is 4.83. The lowest BCUT2D eigenvalue weighted by Gasteiger charge is -2.21. The number of hydrogen-bond acceptors (Lipinski definition) is 2. The number of amides is 1. The summed E-state index contributed by atoms with van der Waals surface area (Å²) in [7, 11) is 0. The van der Waals surface area contributed by atoms with Gasteiger partial charge in [0.05, 0.1) is 0 Å². The number of carbonyl (C=O) groups is 1. The second kappa shape index (κ2) is 8.70. The van der Waals surface area contributed by atoms with E-state index >= 15 is 0 Å². The van der Waals surface area contributed by atoms with Crippen LogP contribution in [0.15, 0.2) is 17.5 Å². The van der Waals surface area contributed by atoms with Gasteiger partial charge in [0.25, 0.3) is 0 Å². The molecular formula is C14H22BrNOS. The van der Waals surface area contributed by atoms with E-state index in [4.69, 9.17) is 0 Å². The van der Waals surface area contributed by atoms with Crippen LogP contribution in [-0.2, 0) is 11.2 Å². The molecule has 1 N–H and O–H groups in total. The third kappa shape index (κ3) is 6.01. The molecule has 1 aromatic rings. The lowest BCUT2D eigenvalue weighted by molar-refractivity contribution is -0.122. The van der Waals surface area contributed by atoms with Crippen molar-refractivity contribution >= 4 is 33.2 Å². The number of aryl methyl sites for hydroxylation is 1. The van der Waals surface area contributed by atoms with Crippen LogP contribution in [-0.4, -0.2) is 17.3 Å². The van der Waals surface area contributed by atoms with Crippen molar-refractivity contribution in [2.45, 2.75) is 45.6 Å². The first-order valence-corrected chi connectivity index (χ1v) is 8.51. The van der Waals surface area contributed by atoms with Crippen molar-refractivity contribution < 1.29 is 4.79 Å². The van der Waals surface area contributed by atoms with Gasteiger partial charge < -0.3 is 5.32 Å². The lowest BCUT2D eigenvalue weighted by Crippen LogP contribution is -2.38. The quantitative estimate of drug-likeness (QED) is 0.717. The second-order valence-corrected chi connectivity index (χ2v) is 6.65. The third-order valence-electron chi connectivity index (χ3n) is 2.98. The van der Waals surface area contributed by atoms with Crippen LogP contribution in [0.25, 0.3) is 0 Å². The van der Waals surface area contributed by atoms with Gasteiger partial charge in [-0.3, -0.25) is 4.79 Å². The van der Waals surface area contributed by atoms with Crippen LogP contribution in [0.5, 0.6) is 0 Å². The normalized spacial score (nSPS) is 12.7. The molecule has 1 unspecified atom stereocenters. The molecule has 4 heteroatoms. The monoisotopic (exact) mass is 331 g/mol. The first kappa shape index (κ1) is 15.7. The number of halogens is 1. The zero-order chi connectivity index (χ0) is 13.4. The third-order valence-corrected chi connectivity index (χ3v) is 4.37. The van der Waals surface area contributed by atoms with Crippen molar-refractivity contribution in [2.75, 3.05) is 5.33 Å². The molecule has 18 heavy (non-hydrogen) atoms. The Bertz CT molecular complexity index is 338. The van der Waals surface area contributed by atoms with Crippen molar-refractivity contribution in [1.29, 1.82) is 0 Å². The van der Waals surface area contributed by atoms with Crippen molar-refractivity contribution in [3.05, 3.63) is 22.4 Å². The maximum Gasteiger partial charge on any atom is 0.220 e. The molecule has 1 atom stereocenters. The molecule has 0 spiro atoms. The van der Waals surface area contributed by atoms with Crippen LogP contribution in [0.4, 0.5) is 0 Å². The number of thiophene rings is 1. The van der Waals surface area contributed by atoms with Gasteiger partial charge in [0.1, 0.15) is 0 Å². The van der Waals surface area contributed by atoms with E-state index in [0.29, 0.717) is 18.4 Å². The zero-order valence-corrected chi connectivity index (χ0v) is 13.5. The Morgan fingerprint density at radius 2 is 2.28 bits per heavy atom. The molecule has 1 rings (SSSR count). The minimum Gasteiger partial charge on any atom is -0.353 e. The van der Waals surface area contributed by atoms with Crippen LogP contribution >= 0.6 is 27.3 Å². The van der Waals surface area contributed by atoms with Crippen LogP contribution < -0.4 is 5.32 Å². The van der Waals surface area contributed by atoms with E-state index in [1.807, 2.05) is 0 Å². The summed E-state index contributed by atoms with van der Waals surface area (Å²) in [6, 6.07) is 4.48. The summed E-state index contributed by atoms with van der Waals surface area (Å²) < 4.78 is 0. The summed E-state index contributed by atoms with van der Waals surface area (Å²) in [5.41, 5.74) is 0. The van der Waals surface area contributed by atoms with Crippen molar-refractivity contribution in [3.63, 3.8) is 0 Å². The average molecular weight is 332 g/mol. The largest absolute Gasteiger partial charge is 0.353 e. The number of nitrogens with one attached hydrogen (secondary N) is 1. The van der Waals surface area contributed by atoms with Crippen molar-refractivity contribution in [3.8, 4) is 0 Å². The van der Waals surface area contributed by atoms with Gasteiger partial charge in [0.15, 0.2) is 0 Å². The van der Waals surface area contributed by atoms with E-state index in [-0.39, 0.29) is 5.91 Å². The Balaban J connectivity index is 2.23. The van der Waals surface area contributed by atoms with E-state index < -0.39 is 0 Å². The molecular weight excluding hydrogens is 310 g/mol. The van der Waals surface area contributed by atoms with Gasteiger partial charge in [-0.15, -0.1) is 11.3 Å². The topological polar surface area (TPSA) is 29.1 Å². The highest BCUT2D eigenvalue weighted by molar-refractivity contribution is 9.09. The van der Waals surface area contributed by atoms with E-state index in [1.54, 1.807) is 11.3 Å². The molecule has 0 saturated carbocycles. The molecule has 1 heterocycles. The summed E-state index contributed by atoms with van der Waals surface area (Å²) in [4.78, 5) is 13.2. The lowest BCUT2D eigenvalue weighted by atomic mass is 10.0. The van der Waals surface area contributed by atoms with Gasteiger partial charge in [-0.25, -0.2) is 0 Å². The predicted molar refractivity (Wildman–Crippen MR) is 82.4 cm³/mol. The Morgan fingerprint density at radius 1 is 1.50 bits per heavy atom. The minimum absolute atomic E-state index is 0.186. The molecule has 0 aliphatic rings.